The van der Waals surface area contributed by atoms with Gasteiger partial charge in [-0.1, -0.05) is 40.5 Å². The second kappa shape index (κ2) is 5.18. The molecule has 0 saturated heterocycles. The van der Waals surface area contributed by atoms with Crippen molar-refractivity contribution in [1.82, 2.24) is 14.9 Å². The molecule has 2 unspecified atom stereocenters. The van der Waals surface area contributed by atoms with E-state index in [1.807, 2.05) is 0 Å². The minimum atomic E-state index is 0.138. The van der Waals surface area contributed by atoms with Gasteiger partial charge in [-0.3, -0.25) is 0 Å². The van der Waals surface area contributed by atoms with Crippen LogP contribution in [0.2, 0.25) is 0 Å². The van der Waals surface area contributed by atoms with Crippen LogP contribution in [0.1, 0.15) is 64.2 Å². The summed E-state index contributed by atoms with van der Waals surface area (Å²) in [5, 5.41) is 3.46. The predicted molar refractivity (Wildman–Crippen MR) is 82.8 cm³/mol. The molecule has 1 aliphatic heterocycles. The molecular formula is C17H29N3. The molecule has 2 aliphatic rings. The smallest absolute Gasteiger partial charge is 0.114 e. The van der Waals surface area contributed by atoms with Gasteiger partial charge >= 0.3 is 0 Å². The van der Waals surface area contributed by atoms with Crippen LogP contribution in [0.3, 0.4) is 0 Å². The lowest BCUT2D eigenvalue weighted by Crippen LogP contribution is -2.27. The molecule has 0 aromatic carbocycles. The lowest BCUT2D eigenvalue weighted by molar-refractivity contribution is 0.342. The van der Waals surface area contributed by atoms with E-state index in [2.05, 4.69) is 37.6 Å². The first kappa shape index (κ1) is 14.1. The summed E-state index contributed by atoms with van der Waals surface area (Å²) in [4.78, 5) is 4.99. The number of aromatic nitrogens is 2. The highest BCUT2D eigenvalue weighted by Crippen LogP contribution is 2.35. The quantitative estimate of drug-likeness (QED) is 0.898. The Balaban J connectivity index is 1.96. The summed E-state index contributed by atoms with van der Waals surface area (Å²) in [5.41, 5.74) is 2.94. The average Bonchev–Trinajstić information content (AvgIpc) is 2.95. The van der Waals surface area contributed by atoms with E-state index < -0.39 is 0 Å². The largest absolute Gasteiger partial charge is 0.331 e. The molecule has 3 rings (SSSR count). The molecule has 1 fully saturated rings. The molecule has 0 amide bonds. The van der Waals surface area contributed by atoms with Gasteiger partial charge in [0.2, 0.25) is 0 Å². The Bertz CT molecular complexity index is 481. The summed E-state index contributed by atoms with van der Waals surface area (Å²) in [7, 11) is 0. The molecule has 0 spiro atoms. The van der Waals surface area contributed by atoms with Crippen molar-refractivity contribution < 1.29 is 0 Å². The van der Waals surface area contributed by atoms with E-state index in [0.717, 1.165) is 31.3 Å². The van der Waals surface area contributed by atoms with Gasteiger partial charge in [-0.25, -0.2) is 4.98 Å². The van der Waals surface area contributed by atoms with Crippen LogP contribution < -0.4 is 5.32 Å². The third-order valence-corrected chi connectivity index (χ3v) is 5.11. The van der Waals surface area contributed by atoms with Crippen LogP contribution in [-0.2, 0) is 24.9 Å². The number of nitrogens with zero attached hydrogens (tertiary/aromatic N) is 2. The van der Waals surface area contributed by atoms with Crippen molar-refractivity contribution in [3.63, 3.8) is 0 Å². The first-order valence-electron chi connectivity index (χ1n) is 8.26. The fourth-order valence-electron chi connectivity index (χ4n) is 3.87. The van der Waals surface area contributed by atoms with Crippen molar-refractivity contribution >= 4 is 0 Å². The maximum Gasteiger partial charge on any atom is 0.114 e. The van der Waals surface area contributed by atoms with Crippen LogP contribution in [0, 0.1) is 11.8 Å². The summed E-state index contributed by atoms with van der Waals surface area (Å²) >= 11 is 0. The number of imidazole rings is 1. The molecule has 0 radical (unpaired) electrons. The van der Waals surface area contributed by atoms with Gasteiger partial charge in [0, 0.05) is 37.2 Å². The van der Waals surface area contributed by atoms with Gasteiger partial charge in [0.25, 0.3) is 0 Å². The topological polar surface area (TPSA) is 29.9 Å². The van der Waals surface area contributed by atoms with Crippen molar-refractivity contribution in [3.05, 3.63) is 17.2 Å². The zero-order valence-electron chi connectivity index (χ0n) is 13.5. The molecule has 3 nitrogen and oxygen atoms in total. The van der Waals surface area contributed by atoms with Crippen molar-refractivity contribution in [2.75, 3.05) is 6.54 Å². The zero-order chi connectivity index (χ0) is 14.3. The van der Waals surface area contributed by atoms with Gasteiger partial charge in [-0.2, -0.15) is 0 Å². The molecule has 112 valence electrons. The Morgan fingerprint density at radius 2 is 2.10 bits per heavy atom. The number of nitrogens with one attached hydrogen (secondary N) is 1. The molecule has 2 heterocycles. The van der Waals surface area contributed by atoms with E-state index in [4.69, 9.17) is 4.98 Å². The summed E-state index contributed by atoms with van der Waals surface area (Å²) in [5.74, 6) is 3.03. The van der Waals surface area contributed by atoms with Crippen LogP contribution in [0.5, 0.6) is 0 Å². The first-order valence-corrected chi connectivity index (χ1v) is 8.26. The highest BCUT2D eigenvalue weighted by molar-refractivity contribution is 5.23. The maximum atomic E-state index is 4.99. The summed E-state index contributed by atoms with van der Waals surface area (Å²) in [6, 6.07) is 0. The lowest BCUT2D eigenvalue weighted by atomic mass is 9.94. The Morgan fingerprint density at radius 3 is 2.75 bits per heavy atom. The number of hydrogen-bond donors (Lipinski definition) is 1. The van der Waals surface area contributed by atoms with Crippen LogP contribution in [0.25, 0.3) is 0 Å². The van der Waals surface area contributed by atoms with Crippen molar-refractivity contribution in [2.45, 2.75) is 71.9 Å². The molecule has 2 atom stereocenters. The fourth-order valence-corrected chi connectivity index (χ4v) is 3.87. The number of hydrogen-bond acceptors (Lipinski definition) is 2. The Labute approximate surface area is 123 Å². The molecule has 0 bridgehead atoms. The van der Waals surface area contributed by atoms with E-state index in [1.165, 1.54) is 43.0 Å². The van der Waals surface area contributed by atoms with Crippen molar-refractivity contribution in [3.8, 4) is 0 Å². The molecular weight excluding hydrogens is 246 g/mol. The standard InChI is InChI=1S/C17H29N3/c1-12-6-5-7-13(12)11-20-15-8-9-18-10-14(15)19-16(20)17(2,3)4/h12-13,18H,5-11H2,1-4H3. The van der Waals surface area contributed by atoms with Crippen LogP contribution >= 0.6 is 0 Å². The average molecular weight is 275 g/mol. The monoisotopic (exact) mass is 275 g/mol. The molecule has 1 saturated carbocycles. The fraction of sp³-hybridized carbons (Fsp3) is 0.824. The molecule has 3 heteroatoms. The summed E-state index contributed by atoms with van der Waals surface area (Å²) < 4.78 is 2.59. The molecule has 1 aromatic rings. The third-order valence-electron chi connectivity index (χ3n) is 5.11. The Kier molecular flexibility index (Phi) is 3.65. The Hall–Kier alpha value is -0.830. The van der Waals surface area contributed by atoms with Gasteiger partial charge in [0.1, 0.15) is 5.82 Å². The highest BCUT2D eigenvalue weighted by atomic mass is 15.1. The van der Waals surface area contributed by atoms with Crippen molar-refractivity contribution in [2.24, 2.45) is 11.8 Å². The van der Waals surface area contributed by atoms with Gasteiger partial charge in [0.05, 0.1) is 5.69 Å². The molecule has 20 heavy (non-hydrogen) atoms. The zero-order valence-corrected chi connectivity index (χ0v) is 13.5. The number of fused-ring (bicyclic) bond motifs is 1. The minimum Gasteiger partial charge on any atom is -0.331 e. The van der Waals surface area contributed by atoms with Crippen LogP contribution in [0.15, 0.2) is 0 Å². The van der Waals surface area contributed by atoms with Gasteiger partial charge < -0.3 is 9.88 Å². The Morgan fingerprint density at radius 1 is 1.30 bits per heavy atom. The maximum absolute atomic E-state index is 4.99. The van der Waals surface area contributed by atoms with E-state index in [9.17, 15) is 0 Å². The van der Waals surface area contributed by atoms with Gasteiger partial charge in [-0.05, 0) is 18.3 Å². The van der Waals surface area contributed by atoms with E-state index >= 15 is 0 Å². The summed E-state index contributed by atoms with van der Waals surface area (Å²) in [6.07, 6.45) is 5.36. The van der Waals surface area contributed by atoms with E-state index in [1.54, 1.807) is 0 Å². The second-order valence-corrected chi connectivity index (χ2v) is 7.78. The lowest BCUT2D eigenvalue weighted by Gasteiger charge is -2.25. The summed E-state index contributed by atoms with van der Waals surface area (Å²) in [6.45, 7) is 12.6. The number of rotatable bonds is 2. The van der Waals surface area contributed by atoms with Crippen LogP contribution in [-0.4, -0.2) is 16.1 Å². The highest BCUT2D eigenvalue weighted by Gasteiger charge is 2.30. The third kappa shape index (κ3) is 2.52. The predicted octanol–water partition coefficient (Wildman–Crippen LogP) is 3.26. The van der Waals surface area contributed by atoms with Gasteiger partial charge in [-0.15, -0.1) is 0 Å². The molecule has 1 aliphatic carbocycles. The van der Waals surface area contributed by atoms with E-state index in [-0.39, 0.29) is 5.41 Å². The molecule has 1 N–H and O–H groups in total. The normalized spacial score (nSPS) is 26.8. The first-order chi connectivity index (χ1) is 9.47. The minimum absolute atomic E-state index is 0.138. The van der Waals surface area contributed by atoms with Crippen LogP contribution in [0.4, 0.5) is 0 Å². The SMILES string of the molecule is CC1CCCC1Cn1c(C(C)(C)C)nc2c1CCNC2. The van der Waals surface area contributed by atoms with E-state index in [0.29, 0.717) is 0 Å². The second-order valence-electron chi connectivity index (χ2n) is 7.78. The van der Waals surface area contributed by atoms with Crippen molar-refractivity contribution in [1.29, 1.82) is 0 Å². The molecule has 1 aromatic heterocycles. The van der Waals surface area contributed by atoms with Gasteiger partial charge in [0.15, 0.2) is 0 Å².